The van der Waals surface area contributed by atoms with Crippen molar-refractivity contribution in [1.82, 2.24) is 28.9 Å². The van der Waals surface area contributed by atoms with Gasteiger partial charge >= 0.3 is 11.4 Å². The zero-order valence-corrected chi connectivity index (χ0v) is 20.2. The van der Waals surface area contributed by atoms with Crippen molar-refractivity contribution >= 4 is 22.5 Å². The Bertz CT molecular complexity index is 1840. The second-order valence-corrected chi connectivity index (χ2v) is 8.71. The lowest BCUT2D eigenvalue weighted by atomic mass is 10.0. The van der Waals surface area contributed by atoms with E-state index in [1.807, 2.05) is 31.4 Å². The molecule has 0 unspecified atom stereocenters. The molecule has 5 aromatic rings. The number of nitrogens with zero attached hydrogens (tertiary/aromatic N) is 7. The van der Waals surface area contributed by atoms with E-state index in [-0.39, 0.29) is 23.7 Å². The van der Waals surface area contributed by atoms with E-state index in [1.54, 1.807) is 36.9 Å². The summed E-state index contributed by atoms with van der Waals surface area (Å²) in [5.74, 6) is -0.648. The van der Waals surface area contributed by atoms with Crippen molar-refractivity contribution in [2.75, 3.05) is 5.32 Å². The van der Waals surface area contributed by atoms with E-state index in [0.717, 1.165) is 21.0 Å². The zero-order valence-electron chi connectivity index (χ0n) is 20.2. The Morgan fingerprint density at radius 3 is 2.68 bits per heavy atom. The van der Waals surface area contributed by atoms with Crippen LogP contribution in [0.4, 0.5) is 16.0 Å². The molecule has 3 heterocycles. The Kier molecular flexibility index (Phi) is 5.85. The molecule has 10 nitrogen and oxygen atoms in total. The molecule has 0 fully saturated rings. The van der Waals surface area contributed by atoms with Gasteiger partial charge in [-0.2, -0.15) is 15.3 Å². The summed E-state index contributed by atoms with van der Waals surface area (Å²) >= 11 is 0. The Hall–Kier alpha value is -5.11. The highest BCUT2D eigenvalue weighted by molar-refractivity contribution is 5.82. The summed E-state index contributed by atoms with van der Waals surface area (Å²) in [7, 11) is 1.81. The molecule has 5 rings (SSSR count). The van der Waals surface area contributed by atoms with Gasteiger partial charge in [0.15, 0.2) is 0 Å². The molecule has 0 aliphatic rings. The monoisotopic (exact) mass is 496 g/mol. The number of benzene rings is 2. The first-order valence-electron chi connectivity index (χ1n) is 11.3. The average Bonchev–Trinajstić information content (AvgIpc) is 3.22. The highest BCUT2D eigenvalue weighted by Crippen LogP contribution is 2.22. The van der Waals surface area contributed by atoms with Crippen molar-refractivity contribution in [3.05, 3.63) is 104 Å². The van der Waals surface area contributed by atoms with Gasteiger partial charge in [-0.25, -0.2) is 18.5 Å². The van der Waals surface area contributed by atoms with Crippen molar-refractivity contribution in [2.45, 2.75) is 20.4 Å². The maximum atomic E-state index is 14.1. The van der Waals surface area contributed by atoms with E-state index in [1.165, 1.54) is 22.9 Å². The first-order chi connectivity index (χ1) is 17.7. The van der Waals surface area contributed by atoms with Gasteiger partial charge < -0.3 is 5.32 Å². The third-order valence-corrected chi connectivity index (χ3v) is 5.94. The highest BCUT2D eigenvalue weighted by Gasteiger charge is 2.18. The number of halogens is 1. The minimum absolute atomic E-state index is 0.00247. The maximum Gasteiger partial charge on any atom is 0.359 e. The first kappa shape index (κ1) is 23.6. The molecular formula is C26H21FN8O2. The second kappa shape index (κ2) is 9.16. The van der Waals surface area contributed by atoms with E-state index in [4.69, 9.17) is 0 Å². The van der Waals surface area contributed by atoms with E-state index in [9.17, 15) is 19.2 Å². The topological polar surface area (TPSA) is 123 Å². The van der Waals surface area contributed by atoms with Crippen LogP contribution in [-0.2, 0) is 13.6 Å². The SMILES string of the molecule is Cc1cncc(-n2c(=O)nc(Nc3ccc4nn(C)cc4c3)n(Cc3cc(C#N)c(F)cc3C)c2=O)c1. The molecule has 184 valence electrons. The van der Waals surface area contributed by atoms with Gasteiger partial charge in [0.2, 0.25) is 5.95 Å². The van der Waals surface area contributed by atoms with E-state index in [2.05, 4.69) is 20.4 Å². The minimum Gasteiger partial charge on any atom is -0.325 e. The van der Waals surface area contributed by atoms with Gasteiger partial charge in [-0.1, -0.05) is 0 Å². The number of fused-ring (bicyclic) bond motifs is 1. The lowest BCUT2D eigenvalue weighted by Crippen LogP contribution is -2.42. The van der Waals surface area contributed by atoms with Gasteiger partial charge in [0.1, 0.15) is 11.9 Å². The molecule has 1 N–H and O–H groups in total. The van der Waals surface area contributed by atoms with Crippen molar-refractivity contribution in [2.24, 2.45) is 7.05 Å². The number of anilines is 2. The summed E-state index contributed by atoms with van der Waals surface area (Å²) in [4.78, 5) is 35.1. The van der Waals surface area contributed by atoms with Crippen LogP contribution in [0.2, 0.25) is 0 Å². The summed E-state index contributed by atoms with van der Waals surface area (Å²) in [5, 5.41) is 17.6. The fraction of sp³-hybridized carbons (Fsp3) is 0.154. The number of hydrogen-bond acceptors (Lipinski definition) is 7. The number of rotatable bonds is 5. The van der Waals surface area contributed by atoms with Crippen LogP contribution < -0.4 is 16.7 Å². The number of nitrogens with one attached hydrogen (secondary N) is 1. The van der Waals surface area contributed by atoms with Gasteiger partial charge in [-0.3, -0.25) is 14.2 Å². The summed E-state index contributed by atoms with van der Waals surface area (Å²) in [6.45, 7) is 3.41. The van der Waals surface area contributed by atoms with Gasteiger partial charge in [0.25, 0.3) is 0 Å². The first-order valence-corrected chi connectivity index (χ1v) is 11.3. The molecule has 0 spiro atoms. The number of nitriles is 1. The fourth-order valence-electron chi connectivity index (χ4n) is 4.11. The smallest absolute Gasteiger partial charge is 0.325 e. The van der Waals surface area contributed by atoms with Crippen LogP contribution in [-0.4, -0.2) is 28.9 Å². The van der Waals surface area contributed by atoms with Crippen LogP contribution in [0.1, 0.15) is 22.3 Å². The summed E-state index contributed by atoms with van der Waals surface area (Å²) in [6, 6.07) is 11.5. The predicted octanol–water partition coefficient (Wildman–Crippen LogP) is 3.10. The molecule has 37 heavy (non-hydrogen) atoms. The minimum atomic E-state index is -0.785. The summed E-state index contributed by atoms with van der Waals surface area (Å²) in [5.41, 5.74) is 1.88. The normalized spacial score (nSPS) is 11.0. The number of aryl methyl sites for hydroxylation is 3. The molecular weight excluding hydrogens is 475 g/mol. The van der Waals surface area contributed by atoms with Gasteiger partial charge in [-0.15, -0.1) is 0 Å². The predicted molar refractivity (Wildman–Crippen MR) is 136 cm³/mol. The number of hydrogen-bond donors (Lipinski definition) is 1. The van der Waals surface area contributed by atoms with Crippen LogP contribution in [0.15, 0.2) is 64.6 Å². The van der Waals surface area contributed by atoms with Gasteiger partial charge in [0.05, 0.1) is 29.5 Å². The third kappa shape index (κ3) is 4.48. The Balaban J connectivity index is 1.69. The van der Waals surface area contributed by atoms with E-state index < -0.39 is 17.2 Å². The van der Waals surface area contributed by atoms with Crippen LogP contribution in [0, 0.1) is 31.0 Å². The van der Waals surface area contributed by atoms with Crippen LogP contribution >= 0.6 is 0 Å². The van der Waals surface area contributed by atoms with E-state index in [0.29, 0.717) is 16.8 Å². The Morgan fingerprint density at radius 1 is 1.11 bits per heavy atom. The van der Waals surface area contributed by atoms with E-state index >= 15 is 0 Å². The molecule has 2 aromatic carbocycles. The van der Waals surface area contributed by atoms with Gasteiger partial charge in [0, 0.05) is 30.5 Å². The molecule has 0 aliphatic carbocycles. The maximum absolute atomic E-state index is 14.1. The van der Waals surface area contributed by atoms with Crippen molar-refractivity contribution < 1.29 is 4.39 Å². The zero-order chi connectivity index (χ0) is 26.3. The number of pyridine rings is 1. The Morgan fingerprint density at radius 2 is 1.92 bits per heavy atom. The molecule has 3 aromatic heterocycles. The average molecular weight is 497 g/mol. The van der Waals surface area contributed by atoms with Gasteiger partial charge in [-0.05, 0) is 66.9 Å². The van der Waals surface area contributed by atoms with Crippen LogP contribution in [0.3, 0.4) is 0 Å². The molecule has 0 radical (unpaired) electrons. The van der Waals surface area contributed by atoms with Crippen molar-refractivity contribution in [3.63, 3.8) is 0 Å². The standard InChI is InChI=1S/C26H21FN8O2/c1-15-6-21(12-29-11-15)35-25(36)31-24(30-20-4-5-23-19(9-20)13-33(3)32-23)34(26(35)37)14-18-8-17(10-28)22(27)7-16(18)2/h4-9,11-13H,14H2,1-3H3,(H,30,31,36). The lowest BCUT2D eigenvalue weighted by Gasteiger charge is -2.17. The molecule has 0 bridgehead atoms. The molecule has 0 amide bonds. The highest BCUT2D eigenvalue weighted by atomic mass is 19.1. The molecule has 0 saturated heterocycles. The lowest BCUT2D eigenvalue weighted by molar-refractivity contribution is 0.617. The quantitative estimate of drug-likeness (QED) is 0.397. The third-order valence-electron chi connectivity index (χ3n) is 5.94. The van der Waals surface area contributed by atoms with Crippen LogP contribution in [0.25, 0.3) is 16.6 Å². The van der Waals surface area contributed by atoms with Crippen molar-refractivity contribution in [1.29, 1.82) is 5.26 Å². The fourth-order valence-corrected chi connectivity index (χ4v) is 4.11. The molecule has 0 atom stereocenters. The molecule has 0 saturated carbocycles. The number of aromatic nitrogens is 6. The summed E-state index contributed by atoms with van der Waals surface area (Å²) in [6.07, 6.45) is 4.85. The van der Waals surface area contributed by atoms with Crippen LogP contribution in [0.5, 0.6) is 0 Å². The molecule has 11 heteroatoms. The molecule has 0 aliphatic heterocycles. The van der Waals surface area contributed by atoms with Crippen molar-refractivity contribution in [3.8, 4) is 11.8 Å². The largest absolute Gasteiger partial charge is 0.359 e. The summed E-state index contributed by atoms with van der Waals surface area (Å²) < 4.78 is 18.0. The Labute approximate surface area is 209 Å². The second-order valence-electron chi connectivity index (χ2n) is 8.71.